The minimum atomic E-state index is 0. The molecule has 0 aromatic rings. The van der Waals surface area contributed by atoms with Crippen LogP contribution in [0.3, 0.4) is 0 Å². The Morgan fingerprint density at radius 2 is 1.80 bits per heavy atom. The Morgan fingerprint density at radius 3 is 1.80 bits per heavy atom. The zero-order valence-electron chi connectivity index (χ0n) is 2.89. The SMILES string of the molecule is CC(N)=S.Cl. The summed E-state index contributed by atoms with van der Waals surface area (Å²) in [5, 5.41) is 0. The summed E-state index contributed by atoms with van der Waals surface area (Å²) in [6.45, 7) is 1.68. The van der Waals surface area contributed by atoms with E-state index in [-0.39, 0.29) is 12.4 Å². The summed E-state index contributed by atoms with van der Waals surface area (Å²) < 4.78 is 0. The minimum absolute atomic E-state index is 0. The normalized spacial score (nSPS) is 5.00. The van der Waals surface area contributed by atoms with Gasteiger partial charge in [-0.2, -0.15) is 0 Å². The zero-order chi connectivity index (χ0) is 3.58. The van der Waals surface area contributed by atoms with Crippen LogP contribution in [-0.4, -0.2) is 4.99 Å². The smallest absolute Gasteiger partial charge is 0.0695 e. The van der Waals surface area contributed by atoms with Crippen LogP contribution in [-0.2, 0) is 0 Å². The first kappa shape index (κ1) is 8.95. The Bertz CT molecular complexity index is 32.6. The molecule has 0 aliphatic carbocycles. The van der Waals surface area contributed by atoms with Crippen LogP contribution < -0.4 is 5.73 Å². The molecule has 0 spiro atoms. The fourth-order valence-corrected chi connectivity index (χ4v) is 0. The molecule has 0 fully saturated rings. The maximum Gasteiger partial charge on any atom is 0.0695 e. The lowest BCUT2D eigenvalue weighted by atomic mass is 10.8. The summed E-state index contributed by atoms with van der Waals surface area (Å²) in [6, 6.07) is 0. The number of halogens is 1. The highest BCUT2D eigenvalue weighted by molar-refractivity contribution is 7.80. The van der Waals surface area contributed by atoms with Crippen molar-refractivity contribution in [2.75, 3.05) is 0 Å². The lowest BCUT2D eigenvalue weighted by Crippen LogP contribution is -1.98. The third-order valence-electron chi connectivity index (χ3n) is 0. The van der Waals surface area contributed by atoms with Crippen LogP contribution in [0.15, 0.2) is 0 Å². The number of hydrogen-bond acceptors (Lipinski definition) is 1. The molecule has 0 saturated carbocycles. The van der Waals surface area contributed by atoms with Crippen LogP contribution in [0.4, 0.5) is 0 Å². The van der Waals surface area contributed by atoms with Gasteiger partial charge in [-0.15, -0.1) is 12.4 Å². The summed E-state index contributed by atoms with van der Waals surface area (Å²) in [7, 11) is 0. The summed E-state index contributed by atoms with van der Waals surface area (Å²) in [6.07, 6.45) is 0. The van der Waals surface area contributed by atoms with E-state index in [1.54, 1.807) is 6.92 Å². The van der Waals surface area contributed by atoms with E-state index >= 15 is 0 Å². The van der Waals surface area contributed by atoms with Crippen molar-refractivity contribution in [3.63, 3.8) is 0 Å². The number of thiocarbonyl (C=S) groups is 1. The average Bonchev–Trinajstić information content (AvgIpc) is 0.811. The van der Waals surface area contributed by atoms with Crippen LogP contribution in [0.25, 0.3) is 0 Å². The van der Waals surface area contributed by atoms with Gasteiger partial charge < -0.3 is 5.73 Å². The maximum absolute atomic E-state index is 4.84. The predicted octanol–water partition coefficient (Wildman–Crippen LogP) is 0.714. The van der Waals surface area contributed by atoms with Crippen molar-refractivity contribution in [2.45, 2.75) is 6.92 Å². The van der Waals surface area contributed by atoms with Gasteiger partial charge in [0, 0.05) is 0 Å². The molecule has 3 heteroatoms. The van der Waals surface area contributed by atoms with Crippen LogP contribution in [0.1, 0.15) is 6.92 Å². The van der Waals surface area contributed by atoms with E-state index in [0.717, 1.165) is 0 Å². The molecular formula is C2H6ClNS. The Morgan fingerprint density at radius 1 is 1.80 bits per heavy atom. The molecule has 0 bridgehead atoms. The highest BCUT2D eigenvalue weighted by Crippen LogP contribution is 1.48. The van der Waals surface area contributed by atoms with Crippen molar-refractivity contribution < 1.29 is 0 Å². The minimum Gasteiger partial charge on any atom is -0.394 e. The maximum atomic E-state index is 4.84. The van der Waals surface area contributed by atoms with Gasteiger partial charge in [-0.25, -0.2) is 0 Å². The Hall–Kier alpha value is 0.180. The highest BCUT2D eigenvalue weighted by Gasteiger charge is 1.54. The molecule has 0 unspecified atom stereocenters. The Labute approximate surface area is 43.0 Å². The van der Waals surface area contributed by atoms with Crippen molar-refractivity contribution in [3.05, 3.63) is 0 Å². The van der Waals surface area contributed by atoms with Gasteiger partial charge in [-0.05, 0) is 6.92 Å². The molecular weight excluding hydrogens is 106 g/mol. The number of nitrogens with two attached hydrogens (primary N) is 1. The van der Waals surface area contributed by atoms with Crippen LogP contribution in [0.2, 0.25) is 0 Å². The molecule has 0 atom stereocenters. The second-order valence-electron chi connectivity index (χ2n) is 0.611. The first-order valence-electron chi connectivity index (χ1n) is 0.993. The Balaban J connectivity index is 0. The van der Waals surface area contributed by atoms with E-state index < -0.39 is 0 Å². The molecule has 0 amide bonds. The average molecular weight is 112 g/mol. The van der Waals surface area contributed by atoms with Gasteiger partial charge in [0.05, 0.1) is 4.99 Å². The molecule has 2 N–H and O–H groups in total. The van der Waals surface area contributed by atoms with Crippen LogP contribution in [0.5, 0.6) is 0 Å². The molecule has 5 heavy (non-hydrogen) atoms. The van der Waals surface area contributed by atoms with Gasteiger partial charge in [0.1, 0.15) is 0 Å². The molecule has 0 aromatic heterocycles. The molecule has 0 radical (unpaired) electrons. The third-order valence-corrected chi connectivity index (χ3v) is 0. The van der Waals surface area contributed by atoms with Crippen LogP contribution >= 0.6 is 24.6 Å². The number of hydrogen-bond donors (Lipinski definition) is 1. The van der Waals surface area contributed by atoms with E-state index in [4.69, 9.17) is 5.73 Å². The van der Waals surface area contributed by atoms with Crippen molar-refractivity contribution in [2.24, 2.45) is 5.73 Å². The standard InChI is InChI=1S/C2H5NS.ClH/c1-2(3)4;/h1H3,(H2,3,4);1H. The first-order chi connectivity index (χ1) is 1.73. The summed E-state index contributed by atoms with van der Waals surface area (Å²) in [5.41, 5.74) is 4.84. The van der Waals surface area contributed by atoms with E-state index in [0.29, 0.717) is 4.99 Å². The van der Waals surface area contributed by atoms with Gasteiger partial charge in [0.15, 0.2) is 0 Å². The molecule has 32 valence electrons. The van der Waals surface area contributed by atoms with Crippen molar-refractivity contribution in [1.82, 2.24) is 0 Å². The van der Waals surface area contributed by atoms with Crippen molar-refractivity contribution >= 4 is 29.6 Å². The van der Waals surface area contributed by atoms with Gasteiger partial charge >= 0.3 is 0 Å². The second-order valence-corrected chi connectivity index (χ2v) is 1.25. The van der Waals surface area contributed by atoms with E-state index in [1.807, 2.05) is 0 Å². The number of rotatable bonds is 0. The fourth-order valence-electron chi connectivity index (χ4n) is 0. The highest BCUT2D eigenvalue weighted by atomic mass is 35.5. The van der Waals surface area contributed by atoms with E-state index in [1.165, 1.54) is 0 Å². The fraction of sp³-hybridized carbons (Fsp3) is 0.500. The summed E-state index contributed by atoms with van der Waals surface area (Å²) in [4.78, 5) is 0.500. The molecule has 0 heterocycles. The molecule has 0 aromatic carbocycles. The summed E-state index contributed by atoms with van der Waals surface area (Å²) >= 11 is 4.31. The molecule has 0 aliphatic rings. The lowest BCUT2D eigenvalue weighted by molar-refractivity contribution is 1.73. The largest absolute Gasteiger partial charge is 0.394 e. The quantitative estimate of drug-likeness (QED) is 0.466. The van der Waals surface area contributed by atoms with E-state index in [9.17, 15) is 0 Å². The predicted molar refractivity (Wildman–Crippen MR) is 29.7 cm³/mol. The topological polar surface area (TPSA) is 26.0 Å². The van der Waals surface area contributed by atoms with Gasteiger partial charge in [-0.1, -0.05) is 12.2 Å². The lowest BCUT2D eigenvalue weighted by Gasteiger charge is -1.65. The van der Waals surface area contributed by atoms with Crippen molar-refractivity contribution in [1.29, 1.82) is 0 Å². The van der Waals surface area contributed by atoms with Gasteiger partial charge in [0.2, 0.25) is 0 Å². The van der Waals surface area contributed by atoms with Crippen molar-refractivity contribution in [3.8, 4) is 0 Å². The third kappa shape index (κ3) is 613. The second kappa shape index (κ2) is 4.18. The summed E-state index contributed by atoms with van der Waals surface area (Å²) in [5.74, 6) is 0. The molecule has 1 nitrogen and oxygen atoms in total. The Kier molecular flexibility index (Phi) is 7.48. The first-order valence-corrected chi connectivity index (χ1v) is 1.40. The van der Waals surface area contributed by atoms with Gasteiger partial charge in [-0.3, -0.25) is 0 Å². The molecule has 0 saturated heterocycles. The molecule has 0 aliphatic heterocycles. The molecule has 0 rings (SSSR count). The van der Waals surface area contributed by atoms with Crippen LogP contribution in [0, 0.1) is 0 Å². The zero-order valence-corrected chi connectivity index (χ0v) is 4.53. The monoisotopic (exact) mass is 111 g/mol. The van der Waals surface area contributed by atoms with E-state index in [2.05, 4.69) is 12.2 Å². The van der Waals surface area contributed by atoms with Gasteiger partial charge in [0.25, 0.3) is 0 Å².